The molecular weight excluding hydrogens is 398 g/mol. The van der Waals surface area contributed by atoms with Gasteiger partial charge in [0.1, 0.15) is 11.4 Å². The van der Waals surface area contributed by atoms with Gasteiger partial charge in [-0.15, -0.1) is 0 Å². The van der Waals surface area contributed by atoms with E-state index in [9.17, 15) is 19.2 Å². The fraction of sp³-hybridized carbons (Fsp3) is 0.400. The van der Waals surface area contributed by atoms with Crippen LogP contribution in [0.3, 0.4) is 0 Å². The van der Waals surface area contributed by atoms with E-state index in [4.69, 9.17) is 22.1 Å². The molecule has 9 heteroatoms. The molecule has 1 aliphatic rings. The lowest BCUT2D eigenvalue weighted by Crippen LogP contribution is -2.43. The number of rotatable bonds is 7. The molecule has 29 heavy (non-hydrogen) atoms. The first-order valence-corrected chi connectivity index (χ1v) is 9.66. The maximum Gasteiger partial charge on any atom is 0.332 e. The van der Waals surface area contributed by atoms with Crippen LogP contribution >= 0.6 is 11.6 Å². The first-order chi connectivity index (χ1) is 13.7. The largest absolute Gasteiger partial charge is 0.457 e. The molecule has 0 spiro atoms. The molecule has 1 aromatic carbocycles. The monoisotopic (exact) mass is 419 g/mol. The lowest BCUT2D eigenvalue weighted by molar-refractivity contribution is -0.145. The molecule has 1 heterocycles. The van der Waals surface area contributed by atoms with E-state index in [1.807, 2.05) is 6.92 Å². The number of carbonyl (C=O) groups excluding carboxylic acids is 2. The van der Waals surface area contributed by atoms with Gasteiger partial charge in [0.25, 0.3) is 5.56 Å². The van der Waals surface area contributed by atoms with E-state index in [0.29, 0.717) is 24.3 Å². The minimum Gasteiger partial charge on any atom is -0.457 e. The van der Waals surface area contributed by atoms with E-state index in [-0.39, 0.29) is 17.9 Å². The van der Waals surface area contributed by atoms with Crippen molar-refractivity contribution in [3.8, 4) is 0 Å². The van der Waals surface area contributed by atoms with Crippen LogP contribution in [0.4, 0.5) is 5.82 Å². The highest BCUT2D eigenvalue weighted by Gasteiger charge is 2.53. The SMILES string of the molecule is CCCn1c(N)c(C(=O)COC(=O)C2(c3ccc(Cl)cc3)CC2)c(=O)n(C)c1=O. The maximum atomic E-state index is 12.6. The molecule has 0 radical (unpaired) electrons. The van der Waals surface area contributed by atoms with Gasteiger partial charge < -0.3 is 10.5 Å². The predicted octanol–water partition coefficient (Wildman–Crippen LogP) is 1.65. The van der Waals surface area contributed by atoms with Crippen molar-refractivity contribution in [2.75, 3.05) is 12.3 Å². The Labute approximate surface area is 171 Å². The van der Waals surface area contributed by atoms with Gasteiger partial charge in [-0.1, -0.05) is 30.7 Å². The Morgan fingerprint density at radius 3 is 2.38 bits per heavy atom. The van der Waals surface area contributed by atoms with Gasteiger partial charge in [0, 0.05) is 18.6 Å². The van der Waals surface area contributed by atoms with Crippen LogP contribution in [0.1, 0.15) is 42.1 Å². The summed E-state index contributed by atoms with van der Waals surface area (Å²) >= 11 is 5.89. The number of ketones is 1. The van der Waals surface area contributed by atoms with Gasteiger partial charge in [0.2, 0.25) is 5.78 Å². The van der Waals surface area contributed by atoms with Crippen LogP contribution in [-0.2, 0) is 28.5 Å². The highest BCUT2D eigenvalue weighted by atomic mass is 35.5. The van der Waals surface area contributed by atoms with Crippen LogP contribution in [0.5, 0.6) is 0 Å². The number of carbonyl (C=O) groups is 2. The second-order valence-electron chi connectivity index (χ2n) is 7.15. The minimum atomic E-state index is -0.806. The molecule has 1 aromatic heterocycles. The number of anilines is 1. The molecule has 3 rings (SSSR count). The Morgan fingerprint density at radius 2 is 1.83 bits per heavy atom. The first-order valence-electron chi connectivity index (χ1n) is 9.28. The van der Waals surface area contributed by atoms with Crippen LogP contribution in [-0.4, -0.2) is 27.5 Å². The average molecular weight is 420 g/mol. The van der Waals surface area contributed by atoms with Crippen LogP contribution in [0.2, 0.25) is 5.02 Å². The highest BCUT2D eigenvalue weighted by molar-refractivity contribution is 6.30. The number of ether oxygens (including phenoxy) is 1. The number of benzene rings is 1. The maximum absolute atomic E-state index is 12.6. The highest BCUT2D eigenvalue weighted by Crippen LogP contribution is 2.49. The van der Waals surface area contributed by atoms with Crippen LogP contribution in [0, 0.1) is 0 Å². The summed E-state index contributed by atoms with van der Waals surface area (Å²) in [5.41, 5.74) is 4.16. The summed E-state index contributed by atoms with van der Waals surface area (Å²) in [5, 5.41) is 0.557. The molecule has 0 saturated heterocycles. The van der Waals surface area contributed by atoms with Crippen molar-refractivity contribution in [3.63, 3.8) is 0 Å². The van der Waals surface area contributed by atoms with E-state index in [1.54, 1.807) is 24.3 Å². The Morgan fingerprint density at radius 1 is 1.21 bits per heavy atom. The van der Waals surface area contributed by atoms with Gasteiger partial charge in [0.05, 0.1) is 5.41 Å². The van der Waals surface area contributed by atoms with E-state index >= 15 is 0 Å². The number of halogens is 1. The van der Waals surface area contributed by atoms with Crippen molar-refractivity contribution in [2.24, 2.45) is 7.05 Å². The third-order valence-electron chi connectivity index (χ3n) is 5.18. The number of nitrogens with zero attached hydrogens (tertiary/aromatic N) is 2. The Balaban J connectivity index is 1.81. The molecule has 0 amide bonds. The molecule has 0 unspecified atom stereocenters. The van der Waals surface area contributed by atoms with Crippen molar-refractivity contribution in [2.45, 2.75) is 38.1 Å². The summed E-state index contributed by atoms with van der Waals surface area (Å²) in [4.78, 5) is 49.9. The topological polar surface area (TPSA) is 113 Å². The van der Waals surface area contributed by atoms with Crippen LogP contribution in [0.15, 0.2) is 33.9 Å². The van der Waals surface area contributed by atoms with Crippen LogP contribution < -0.4 is 17.0 Å². The van der Waals surface area contributed by atoms with E-state index in [0.717, 1.165) is 10.1 Å². The minimum absolute atomic E-state index is 0.208. The molecule has 0 atom stereocenters. The third-order valence-corrected chi connectivity index (χ3v) is 5.43. The number of esters is 1. The van der Waals surface area contributed by atoms with Gasteiger partial charge in [-0.25, -0.2) is 4.79 Å². The van der Waals surface area contributed by atoms with Crippen molar-refractivity contribution >= 4 is 29.2 Å². The molecule has 2 N–H and O–H groups in total. The molecule has 2 aromatic rings. The van der Waals surface area contributed by atoms with Gasteiger partial charge in [-0.2, -0.15) is 0 Å². The number of hydrogen-bond donors (Lipinski definition) is 1. The van der Waals surface area contributed by atoms with Gasteiger partial charge in [-0.05, 0) is 37.0 Å². The van der Waals surface area contributed by atoms with E-state index in [1.165, 1.54) is 11.6 Å². The lowest BCUT2D eigenvalue weighted by atomic mass is 9.96. The number of Topliss-reactive ketones (excluding diaryl/α,β-unsaturated/α-hetero) is 1. The quantitative estimate of drug-likeness (QED) is 0.539. The molecule has 0 aliphatic heterocycles. The standard InChI is InChI=1S/C20H22ClN3O5/c1-3-10-24-16(22)15(17(26)23(2)19(24)28)14(25)11-29-18(27)20(8-9-20)12-4-6-13(21)7-5-12/h4-7H,3,8-11,22H2,1-2H3. The molecule has 154 valence electrons. The normalized spacial score (nSPS) is 14.4. The molecule has 1 aliphatic carbocycles. The molecule has 1 fully saturated rings. The average Bonchev–Trinajstić information content (AvgIpc) is 3.50. The number of hydrogen-bond acceptors (Lipinski definition) is 6. The summed E-state index contributed by atoms with van der Waals surface area (Å²) in [5.74, 6) is -1.49. The molecule has 0 bridgehead atoms. The van der Waals surface area contributed by atoms with Crippen molar-refractivity contribution in [3.05, 3.63) is 61.3 Å². The fourth-order valence-electron chi connectivity index (χ4n) is 3.33. The zero-order valence-electron chi connectivity index (χ0n) is 16.2. The lowest BCUT2D eigenvalue weighted by Gasteiger charge is -2.16. The summed E-state index contributed by atoms with van der Waals surface area (Å²) in [6.45, 7) is 1.47. The second kappa shape index (κ2) is 7.87. The second-order valence-corrected chi connectivity index (χ2v) is 7.58. The Hall–Kier alpha value is -2.87. The van der Waals surface area contributed by atoms with Gasteiger partial charge >= 0.3 is 11.7 Å². The zero-order chi connectivity index (χ0) is 21.3. The summed E-state index contributed by atoms with van der Waals surface area (Å²) in [7, 11) is 1.28. The summed E-state index contributed by atoms with van der Waals surface area (Å²) in [6.07, 6.45) is 1.80. The third kappa shape index (κ3) is 3.72. The van der Waals surface area contributed by atoms with E-state index < -0.39 is 35.0 Å². The van der Waals surface area contributed by atoms with Gasteiger partial charge in [-0.3, -0.25) is 23.5 Å². The number of nitrogen functional groups attached to an aromatic ring is 1. The number of aromatic nitrogens is 2. The molecule has 1 saturated carbocycles. The predicted molar refractivity (Wildman–Crippen MR) is 108 cm³/mol. The fourth-order valence-corrected chi connectivity index (χ4v) is 3.46. The van der Waals surface area contributed by atoms with Crippen LogP contribution in [0.25, 0.3) is 0 Å². The van der Waals surface area contributed by atoms with Gasteiger partial charge in [0.15, 0.2) is 6.61 Å². The first kappa shape index (κ1) is 20.9. The Bertz CT molecular complexity index is 1080. The summed E-state index contributed by atoms with van der Waals surface area (Å²) < 4.78 is 7.24. The van der Waals surface area contributed by atoms with Crippen molar-refractivity contribution in [1.29, 1.82) is 0 Å². The summed E-state index contributed by atoms with van der Waals surface area (Å²) in [6, 6.07) is 6.90. The molecule has 8 nitrogen and oxygen atoms in total. The van der Waals surface area contributed by atoms with Crippen molar-refractivity contribution in [1.82, 2.24) is 9.13 Å². The molecular formula is C20H22ClN3O5. The Kier molecular flexibility index (Phi) is 5.66. The zero-order valence-corrected chi connectivity index (χ0v) is 17.0. The van der Waals surface area contributed by atoms with Crippen molar-refractivity contribution < 1.29 is 14.3 Å². The van der Waals surface area contributed by atoms with E-state index in [2.05, 4.69) is 0 Å². The smallest absolute Gasteiger partial charge is 0.332 e. The number of nitrogens with two attached hydrogens (primary N) is 1.